The number of carbonyl (C=O) groups is 1. The number of amides is 1. The summed E-state index contributed by atoms with van der Waals surface area (Å²) in [5.41, 5.74) is 0.908. The molecular weight excluding hydrogens is 408 g/mol. The number of hydrogen-bond donors (Lipinski definition) is 1. The Bertz CT molecular complexity index is 976. The second-order valence-corrected chi connectivity index (χ2v) is 10.7. The molecule has 1 aromatic heterocycles. The fraction of sp³-hybridized carbons (Fsp3) is 0.750. The third-order valence-electron chi connectivity index (χ3n) is 6.72. The van der Waals surface area contributed by atoms with Crippen LogP contribution in [0.1, 0.15) is 55.1 Å². The van der Waals surface area contributed by atoms with Crippen LogP contribution in [0.2, 0.25) is 0 Å². The first kappa shape index (κ1) is 21.5. The van der Waals surface area contributed by atoms with Crippen LogP contribution in [0.5, 0.6) is 0 Å². The summed E-state index contributed by atoms with van der Waals surface area (Å²) in [6.45, 7) is 1.60. The predicted octanol–water partition coefficient (Wildman–Crippen LogP) is 0.609. The minimum Gasteiger partial charge on any atom is -0.381 e. The molecule has 1 amide bonds. The number of hydrogen-bond acceptors (Lipinski definition) is 6. The molecule has 0 radical (unpaired) electrons. The van der Waals surface area contributed by atoms with Crippen LogP contribution >= 0.6 is 0 Å². The first-order chi connectivity index (χ1) is 14.3. The van der Waals surface area contributed by atoms with Crippen molar-refractivity contribution in [3.05, 3.63) is 27.4 Å². The number of fused-ring (bicyclic) bond motifs is 1. The summed E-state index contributed by atoms with van der Waals surface area (Å²) in [6.07, 6.45) is 6.11. The highest BCUT2D eigenvalue weighted by molar-refractivity contribution is 7.88. The molecule has 30 heavy (non-hydrogen) atoms. The van der Waals surface area contributed by atoms with E-state index in [9.17, 15) is 18.0 Å². The van der Waals surface area contributed by atoms with E-state index in [4.69, 9.17) is 4.74 Å². The summed E-state index contributed by atoms with van der Waals surface area (Å²) in [4.78, 5) is 35.0. The minimum atomic E-state index is -3.33. The van der Waals surface area contributed by atoms with Gasteiger partial charge in [-0.15, -0.1) is 0 Å². The number of methoxy groups -OCH3 is 1. The number of aromatic amines is 1. The maximum atomic E-state index is 13.0. The highest BCUT2D eigenvalue weighted by atomic mass is 32.2. The van der Waals surface area contributed by atoms with Gasteiger partial charge in [-0.05, 0) is 32.1 Å². The molecular formula is C20H30N4O5S. The Labute approximate surface area is 176 Å². The molecule has 166 valence electrons. The van der Waals surface area contributed by atoms with Crippen molar-refractivity contribution in [1.29, 1.82) is 0 Å². The molecule has 1 N–H and O–H groups in total. The quantitative estimate of drug-likeness (QED) is 0.737. The summed E-state index contributed by atoms with van der Waals surface area (Å²) in [5.74, 6) is 0.689. The number of nitrogens with one attached hydrogen (secondary N) is 1. The first-order valence-corrected chi connectivity index (χ1v) is 12.5. The Kier molecular flexibility index (Phi) is 6.00. The molecule has 1 saturated carbocycles. The van der Waals surface area contributed by atoms with Crippen molar-refractivity contribution in [2.75, 3.05) is 33.0 Å². The molecule has 4 rings (SSSR count). The third kappa shape index (κ3) is 4.31. The molecule has 3 aliphatic rings. The molecule has 10 heteroatoms. The van der Waals surface area contributed by atoms with Gasteiger partial charge in [0.15, 0.2) is 0 Å². The van der Waals surface area contributed by atoms with Gasteiger partial charge in [0.1, 0.15) is 5.82 Å². The monoisotopic (exact) mass is 438 g/mol. The van der Waals surface area contributed by atoms with E-state index < -0.39 is 10.0 Å². The van der Waals surface area contributed by atoms with Crippen LogP contribution in [0.4, 0.5) is 0 Å². The zero-order valence-electron chi connectivity index (χ0n) is 17.6. The van der Waals surface area contributed by atoms with E-state index >= 15 is 0 Å². The van der Waals surface area contributed by atoms with Gasteiger partial charge < -0.3 is 14.6 Å². The molecule has 2 fully saturated rings. The summed E-state index contributed by atoms with van der Waals surface area (Å²) in [7, 11) is -1.63. The zero-order valence-corrected chi connectivity index (χ0v) is 18.4. The molecule has 0 spiro atoms. The van der Waals surface area contributed by atoms with Crippen molar-refractivity contribution < 1.29 is 17.9 Å². The number of aromatic nitrogens is 2. The molecule has 2 aliphatic heterocycles. The standard InChI is InChI=1S/C20H30N4O5S/c1-29-15-5-3-4-13(10-15)20(26)23-8-6-14(11-23)18-21-17-12-24(30(2,27)28)9-7-16(17)19(25)22-18/h13-15H,3-12H2,1-2H3,(H,21,22,25)/t13-,14+,15+/m0/s1. The van der Waals surface area contributed by atoms with Crippen molar-refractivity contribution in [3.63, 3.8) is 0 Å². The number of ether oxygens (including phenoxy) is 1. The van der Waals surface area contributed by atoms with Crippen LogP contribution in [0.15, 0.2) is 4.79 Å². The van der Waals surface area contributed by atoms with Gasteiger partial charge in [0.25, 0.3) is 5.56 Å². The Morgan fingerprint density at radius 1 is 1.23 bits per heavy atom. The van der Waals surface area contributed by atoms with Crippen molar-refractivity contribution in [2.24, 2.45) is 5.92 Å². The SMILES string of the molecule is CO[C@@H]1CCC[C@H](C(=O)N2CC[C@@H](c3nc4c(c(=O)[nH]3)CCN(S(C)(=O)=O)C4)C2)C1. The third-order valence-corrected chi connectivity index (χ3v) is 7.97. The molecule has 1 aliphatic carbocycles. The van der Waals surface area contributed by atoms with Gasteiger partial charge in [-0.2, -0.15) is 4.31 Å². The van der Waals surface area contributed by atoms with Crippen LogP contribution in [-0.4, -0.2) is 72.6 Å². The topological polar surface area (TPSA) is 113 Å². The summed E-state index contributed by atoms with van der Waals surface area (Å²) < 4.78 is 30.6. The normalized spacial score (nSPS) is 27.8. The van der Waals surface area contributed by atoms with Gasteiger partial charge in [-0.3, -0.25) is 9.59 Å². The van der Waals surface area contributed by atoms with Gasteiger partial charge in [-0.25, -0.2) is 13.4 Å². The minimum absolute atomic E-state index is 0.00121. The number of likely N-dealkylation sites (tertiary alicyclic amines) is 1. The lowest BCUT2D eigenvalue weighted by Crippen LogP contribution is -2.39. The van der Waals surface area contributed by atoms with Crippen LogP contribution < -0.4 is 5.56 Å². The Morgan fingerprint density at radius 3 is 2.77 bits per heavy atom. The van der Waals surface area contributed by atoms with Crippen LogP contribution in [0.3, 0.4) is 0 Å². The Morgan fingerprint density at radius 2 is 2.03 bits per heavy atom. The average Bonchev–Trinajstić information content (AvgIpc) is 3.22. The van der Waals surface area contributed by atoms with Gasteiger partial charge in [0, 0.05) is 44.1 Å². The van der Waals surface area contributed by atoms with Crippen LogP contribution in [0, 0.1) is 5.92 Å². The summed E-state index contributed by atoms with van der Waals surface area (Å²) >= 11 is 0. The average molecular weight is 439 g/mol. The zero-order chi connectivity index (χ0) is 21.5. The van der Waals surface area contributed by atoms with Crippen molar-refractivity contribution in [2.45, 2.75) is 57.1 Å². The Balaban J connectivity index is 1.47. The number of nitrogens with zero attached hydrogens (tertiary/aromatic N) is 3. The summed E-state index contributed by atoms with van der Waals surface area (Å²) in [6, 6.07) is 0. The van der Waals surface area contributed by atoms with Gasteiger partial charge in [-0.1, -0.05) is 6.42 Å². The number of carbonyl (C=O) groups excluding carboxylic acids is 1. The fourth-order valence-electron chi connectivity index (χ4n) is 4.94. The van der Waals surface area contributed by atoms with Crippen molar-refractivity contribution in [1.82, 2.24) is 19.2 Å². The van der Waals surface area contributed by atoms with E-state index in [0.717, 1.165) is 32.1 Å². The largest absolute Gasteiger partial charge is 0.381 e. The molecule has 9 nitrogen and oxygen atoms in total. The number of H-pyrrole nitrogens is 1. The predicted molar refractivity (Wildman–Crippen MR) is 111 cm³/mol. The van der Waals surface area contributed by atoms with E-state index in [1.54, 1.807) is 7.11 Å². The smallest absolute Gasteiger partial charge is 0.254 e. The van der Waals surface area contributed by atoms with E-state index in [1.165, 1.54) is 10.6 Å². The molecule has 3 heterocycles. The fourth-order valence-corrected chi connectivity index (χ4v) is 5.72. The van der Waals surface area contributed by atoms with E-state index in [0.29, 0.717) is 43.1 Å². The number of rotatable bonds is 4. The molecule has 0 bridgehead atoms. The maximum absolute atomic E-state index is 13.0. The first-order valence-electron chi connectivity index (χ1n) is 10.6. The molecule has 1 aromatic rings. The lowest BCUT2D eigenvalue weighted by Gasteiger charge is -2.30. The van der Waals surface area contributed by atoms with E-state index in [1.807, 2.05) is 4.90 Å². The van der Waals surface area contributed by atoms with Crippen molar-refractivity contribution >= 4 is 15.9 Å². The highest BCUT2D eigenvalue weighted by Gasteiger charge is 2.36. The second-order valence-electron chi connectivity index (χ2n) is 8.71. The maximum Gasteiger partial charge on any atom is 0.254 e. The van der Waals surface area contributed by atoms with Crippen LogP contribution in [-0.2, 0) is 32.5 Å². The second kappa shape index (κ2) is 8.39. The molecule has 3 atom stereocenters. The lowest BCUT2D eigenvalue weighted by molar-refractivity contribution is -0.137. The molecule has 1 saturated heterocycles. The van der Waals surface area contributed by atoms with Gasteiger partial charge >= 0.3 is 0 Å². The summed E-state index contributed by atoms with van der Waals surface area (Å²) in [5, 5.41) is 0. The van der Waals surface area contributed by atoms with Crippen molar-refractivity contribution in [3.8, 4) is 0 Å². The molecule has 0 aromatic carbocycles. The lowest BCUT2D eigenvalue weighted by atomic mass is 9.86. The van der Waals surface area contributed by atoms with Gasteiger partial charge in [0.05, 0.1) is 24.6 Å². The number of sulfonamides is 1. The Hall–Kier alpha value is -1.78. The van der Waals surface area contributed by atoms with E-state index in [-0.39, 0.29) is 36.0 Å². The van der Waals surface area contributed by atoms with Crippen LogP contribution in [0.25, 0.3) is 0 Å². The van der Waals surface area contributed by atoms with Gasteiger partial charge in [0.2, 0.25) is 15.9 Å². The molecule has 0 unspecified atom stereocenters. The van der Waals surface area contributed by atoms with E-state index in [2.05, 4.69) is 9.97 Å². The highest BCUT2D eigenvalue weighted by Crippen LogP contribution is 2.31.